The van der Waals surface area contributed by atoms with Crippen LogP contribution < -0.4 is 0 Å². The van der Waals surface area contributed by atoms with Crippen LogP contribution in [-0.4, -0.2) is 6.67 Å². The first-order valence-corrected chi connectivity index (χ1v) is 9.19. The van der Waals surface area contributed by atoms with Crippen LogP contribution in [-0.2, 0) is 0 Å². The van der Waals surface area contributed by atoms with Gasteiger partial charge in [0, 0.05) is 0 Å². The highest BCUT2D eigenvalue weighted by molar-refractivity contribution is 5.04. The van der Waals surface area contributed by atoms with Crippen molar-refractivity contribution in [2.24, 2.45) is 22.7 Å². The lowest BCUT2D eigenvalue weighted by molar-refractivity contribution is -0.0937. The van der Waals surface area contributed by atoms with Gasteiger partial charge in [-0.1, -0.05) is 65.7 Å². The summed E-state index contributed by atoms with van der Waals surface area (Å²) in [5.41, 5.74) is 0.706. The van der Waals surface area contributed by atoms with E-state index in [0.29, 0.717) is 5.41 Å². The Morgan fingerprint density at radius 2 is 1.30 bits per heavy atom. The lowest BCUT2D eigenvalue weighted by atomic mass is 9.47. The van der Waals surface area contributed by atoms with Gasteiger partial charge in [-0.25, -0.2) is 0 Å². The summed E-state index contributed by atoms with van der Waals surface area (Å²) in [6.45, 7) is 6.24. The number of alkyl halides is 1. The van der Waals surface area contributed by atoms with Crippen LogP contribution in [0, 0.1) is 22.7 Å². The Morgan fingerprint density at radius 3 is 1.55 bits per heavy atom. The molecule has 118 valence electrons. The zero-order valence-electron chi connectivity index (χ0n) is 14.0. The molecule has 0 spiro atoms. The molecule has 0 aromatic heterocycles. The molecule has 0 N–H and O–H groups in total. The van der Waals surface area contributed by atoms with Gasteiger partial charge in [0.2, 0.25) is 0 Å². The maximum absolute atomic E-state index is 12.5. The van der Waals surface area contributed by atoms with E-state index in [1.165, 1.54) is 12.8 Å². The van der Waals surface area contributed by atoms with Crippen molar-refractivity contribution in [1.29, 1.82) is 0 Å². The van der Waals surface area contributed by atoms with Crippen LogP contribution in [0.3, 0.4) is 0 Å². The van der Waals surface area contributed by atoms with Crippen molar-refractivity contribution in [2.75, 3.05) is 6.67 Å². The maximum Gasteiger partial charge on any atom is 0.0951 e. The second kappa shape index (κ2) is 6.79. The minimum absolute atomic E-state index is 0.0669. The van der Waals surface area contributed by atoms with Gasteiger partial charge in [-0.15, -0.1) is 0 Å². The molecule has 0 heterocycles. The largest absolute Gasteiger partial charge is 0.250 e. The van der Waals surface area contributed by atoms with Gasteiger partial charge in [0.25, 0.3) is 0 Å². The first-order valence-electron chi connectivity index (χ1n) is 9.19. The summed E-state index contributed by atoms with van der Waals surface area (Å²) >= 11 is 0. The molecule has 6 saturated carbocycles. The molecule has 0 radical (unpaired) electrons. The van der Waals surface area contributed by atoms with E-state index in [-0.39, 0.29) is 12.1 Å². The summed E-state index contributed by atoms with van der Waals surface area (Å²) in [4.78, 5) is 0. The number of halogens is 1. The van der Waals surface area contributed by atoms with Gasteiger partial charge in [-0.3, -0.25) is 4.39 Å². The predicted octanol–water partition coefficient (Wildman–Crippen LogP) is 6.54. The van der Waals surface area contributed by atoms with Gasteiger partial charge in [0.1, 0.15) is 0 Å². The quantitative estimate of drug-likeness (QED) is 0.512. The average Bonchev–Trinajstić information content (AvgIpc) is 2.51. The number of hydrogen-bond acceptors (Lipinski definition) is 0. The van der Waals surface area contributed by atoms with E-state index < -0.39 is 0 Å². The SMILES string of the molecule is C1CC2CCC1CC2.CC.CC12CCCC(CF)(C1)C2. The van der Waals surface area contributed by atoms with Crippen molar-refractivity contribution in [3.63, 3.8) is 0 Å². The minimum atomic E-state index is -0.0669. The van der Waals surface area contributed by atoms with E-state index in [1.807, 2.05) is 13.8 Å². The van der Waals surface area contributed by atoms with Crippen LogP contribution in [0.1, 0.15) is 91.4 Å². The van der Waals surface area contributed by atoms with Gasteiger partial charge in [0.05, 0.1) is 6.67 Å². The smallest absolute Gasteiger partial charge is 0.0951 e. The molecule has 20 heavy (non-hydrogen) atoms. The Labute approximate surface area is 125 Å². The molecule has 1 heteroatoms. The zero-order chi connectivity index (χ0) is 14.6. The highest BCUT2D eigenvalue weighted by Gasteiger charge is 2.54. The van der Waals surface area contributed by atoms with Gasteiger partial charge in [-0.2, -0.15) is 0 Å². The molecule has 0 aromatic carbocycles. The van der Waals surface area contributed by atoms with Gasteiger partial charge in [-0.05, 0) is 48.3 Å². The zero-order valence-corrected chi connectivity index (χ0v) is 14.0. The van der Waals surface area contributed by atoms with Crippen molar-refractivity contribution in [2.45, 2.75) is 91.4 Å². The Bertz CT molecular complexity index is 259. The third kappa shape index (κ3) is 3.57. The Hall–Kier alpha value is -0.0700. The van der Waals surface area contributed by atoms with Gasteiger partial charge in [0.15, 0.2) is 0 Å². The minimum Gasteiger partial charge on any atom is -0.250 e. The molecule has 0 nitrogen and oxygen atoms in total. The molecular weight excluding hydrogens is 247 g/mol. The van der Waals surface area contributed by atoms with Gasteiger partial charge >= 0.3 is 0 Å². The van der Waals surface area contributed by atoms with Crippen LogP contribution in [0.4, 0.5) is 4.39 Å². The van der Waals surface area contributed by atoms with Crippen molar-refractivity contribution in [1.82, 2.24) is 0 Å². The molecule has 0 atom stereocenters. The maximum atomic E-state index is 12.5. The predicted molar refractivity (Wildman–Crippen MR) is 85.6 cm³/mol. The normalized spacial score (nSPS) is 44.4. The second-order valence-corrected chi connectivity index (χ2v) is 8.12. The molecular formula is C19H35F. The van der Waals surface area contributed by atoms with Crippen LogP contribution in [0.15, 0.2) is 0 Å². The van der Waals surface area contributed by atoms with Crippen molar-refractivity contribution in [3.8, 4) is 0 Å². The number of hydrogen-bond donors (Lipinski definition) is 0. The Morgan fingerprint density at radius 1 is 0.850 bits per heavy atom. The highest BCUT2D eigenvalue weighted by Crippen LogP contribution is 2.63. The number of fused-ring (bicyclic) bond motifs is 5. The molecule has 4 bridgehead atoms. The second-order valence-electron chi connectivity index (χ2n) is 8.12. The van der Waals surface area contributed by atoms with E-state index >= 15 is 0 Å². The molecule has 0 amide bonds. The van der Waals surface area contributed by atoms with Crippen LogP contribution in [0.2, 0.25) is 0 Å². The molecule has 6 aliphatic carbocycles. The van der Waals surface area contributed by atoms with E-state index in [2.05, 4.69) is 6.92 Å². The topological polar surface area (TPSA) is 0 Å². The lowest BCUT2D eigenvalue weighted by Gasteiger charge is -2.58. The molecule has 6 rings (SSSR count). The molecule has 6 aliphatic rings. The summed E-state index contributed by atoms with van der Waals surface area (Å²) in [5, 5.41) is 0. The summed E-state index contributed by atoms with van der Waals surface area (Å²) in [7, 11) is 0. The van der Waals surface area contributed by atoms with E-state index in [9.17, 15) is 4.39 Å². The fourth-order valence-electron chi connectivity index (χ4n) is 5.44. The van der Waals surface area contributed by atoms with E-state index in [4.69, 9.17) is 0 Å². The standard InChI is InChI=1S/C9H15F.C8H14.C2H6/c1-8-3-2-4-9(5-8,6-8)7-10;1-2-8-5-3-7(1)4-6-8;1-2/h2-7H2,1H3;7-8H,1-6H2;1-2H3. The molecule has 6 fully saturated rings. The summed E-state index contributed by atoms with van der Waals surface area (Å²) in [6, 6.07) is 0. The van der Waals surface area contributed by atoms with E-state index in [0.717, 1.165) is 31.1 Å². The Balaban J connectivity index is 0.000000133. The van der Waals surface area contributed by atoms with Crippen LogP contribution >= 0.6 is 0 Å². The first kappa shape index (κ1) is 16.3. The fraction of sp³-hybridized carbons (Fsp3) is 1.00. The summed E-state index contributed by atoms with van der Waals surface area (Å²) in [6.07, 6.45) is 15.4. The van der Waals surface area contributed by atoms with Crippen molar-refractivity contribution >= 4 is 0 Å². The Kier molecular flexibility index (Phi) is 5.54. The van der Waals surface area contributed by atoms with Crippen LogP contribution in [0.25, 0.3) is 0 Å². The third-order valence-corrected chi connectivity index (χ3v) is 6.32. The molecule has 0 aliphatic heterocycles. The molecule has 0 unspecified atom stereocenters. The van der Waals surface area contributed by atoms with E-state index in [1.54, 1.807) is 38.5 Å². The third-order valence-electron chi connectivity index (χ3n) is 6.32. The molecule has 0 aromatic rings. The number of rotatable bonds is 1. The fourth-order valence-corrected chi connectivity index (χ4v) is 5.44. The lowest BCUT2D eigenvalue weighted by Crippen LogP contribution is -2.49. The molecule has 0 saturated heterocycles. The summed E-state index contributed by atoms with van der Waals surface area (Å²) in [5.74, 6) is 2.31. The average molecular weight is 282 g/mol. The van der Waals surface area contributed by atoms with Crippen molar-refractivity contribution in [3.05, 3.63) is 0 Å². The summed E-state index contributed by atoms with van der Waals surface area (Å²) < 4.78 is 12.5. The highest BCUT2D eigenvalue weighted by atomic mass is 19.1. The first-order chi connectivity index (χ1) is 9.63. The van der Waals surface area contributed by atoms with Crippen molar-refractivity contribution < 1.29 is 4.39 Å². The van der Waals surface area contributed by atoms with Crippen LogP contribution in [0.5, 0.6) is 0 Å². The monoisotopic (exact) mass is 282 g/mol. The van der Waals surface area contributed by atoms with Gasteiger partial charge < -0.3 is 0 Å².